The molecule has 0 saturated heterocycles. The number of para-hydroxylation sites is 1. The summed E-state index contributed by atoms with van der Waals surface area (Å²) in [6.07, 6.45) is -0.758. The Bertz CT molecular complexity index is 1090. The quantitative estimate of drug-likeness (QED) is 0.562. The zero-order valence-corrected chi connectivity index (χ0v) is 17.2. The minimum Gasteiger partial charge on any atom is -0.489 e. The number of fused-ring (bicyclic) bond motifs is 3. The molecule has 0 fully saturated rings. The van der Waals surface area contributed by atoms with Crippen LogP contribution in [0.15, 0.2) is 72.8 Å². The van der Waals surface area contributed by atoms with E-state index in [0.29, 0.717) is 0 Å². The van der Waals surface area contributed by atoms with Crippen molar-refractivity contribution in [2.75, 3.05) is 26.3 Å². The highest BCUT2D eigenvalue weighted by atomic mass is 19.1. The lowest BCUT2D eigenvalue weighted by Crippen LogP contribution is -2.39. The zero-order valence-electron chi connectivity index (χ0n) is 17.2. The highest BCUT2D eigenvalue weighted by Crippen LogP contribution is 2.44. The van der Waals surface area contributed by atoms with Crippen LogP contribution in [0.1, 0.15) is 17.0 Å². The van der Waals surface area contributed by atoms with Gasteiger partial charge in [-0.25, -0.2) is 9.18 Å². The van der Waals surface area contributed by atoms with Crippen LogP contribution in [0.4, 0.5) is 9.18 Å². The first-order valence-corrected chi connectivity index (χ1v) is 10.2. The fourth-order valence-corrected chi connectivity index (χ4v) is 3.91. The summed E-state index contributed by atoms with van der Waals surface area (Å²) in [4.78, 5) is 25.0. The molecule has 32 heavy (non-hydrogen) atoms. The topological polar surface area (TPSA) is 76.1 Å². The van der Waals surface area contributed by atoms with E-state index >= 15 is 0 Å². The molecule has 0 heterocycles. The molecule has 0 unspecified atom stereocenters. The molecule has 1 N–H and O–H groups in total. The molecule has 0 spiro atoms. The summed E-state index contributed by atoms with van der Waals surface area (Å²) in [5.41, 5.74) is 4.33. The maximum Gasteiger partial charge on any atom is 0.410 e. The van der Waals surface area contributed by atoms with Crippen LogP contribution in [0.25, 0.3) is 11.1 Å². The van der Waals surface area contributed by atoms with E-state index in [-0.39, 0.29) is 31.4 Å². The van der Waals surface area contributed by atoms with Crippen molar-refractivity contribution in [1.82, 2.24) is 4.90 Å². The van der Waals surface area contributed by atoms with Gasteiger partial charge in [0.1, 0.15) is 19.8 Å². The summed E-state index contributed by atoms with van der Waals surface area (Å²) in [7, 11) is 0. The molecule has 3 aromatic rings. The second-order valence-electron chi connectivity index (χ2n) is 7.40. The van der Waals surface area contributed by atoms with Crippen LogP contribution < -0.4 is 4.74 Å². The lowest BCUT2D eigenvalue weighted by molar-refractivity contribution is -0.138. The molecule has 6 nitrogen and oxygen atoms in total. The minimum atomic E-state index is -1.18. The predicted molar refractivity (Wildman–Crippen MR) is 116 cm³/mol. The fraction of sp³-hybridized carbons (Fsp3) is 0.200. The van der Waals surface area contributed by atoms with Crippen LogP contribution in [0.3, 0.4) is 0 Å². The molecule has 0 atom stereocenters. The van der Waals surface area contributed by atoms with Crippen LogP contribution in [-0.4, -0.2) is 48.4 Å². The number of benzene rings is 3. The third-order valence-electron chi connectivity index (χ3n) is 5.38. The highest BCUT2D eigenvalue weighted by molar-refractivity contribution is 5.79. The molecule has 1 aliphatic rings. The van der Waals surface area contributed by atoms with Crippen molar-refractivity contribution in [2.24, 2.45) is 0 Å². The lowest BCUT2D eigenvalue weighted by atomic mass is 9.98. The van der Waals surface area contributed by atoms with Crippen LogP contribution in [0.5, 0.6) is 5.75 Å². The van der Waals surface area contributed by atoms with Gasteiger partial charge in [-0.15, -0.1) is 0 Å². The molecular weight excluding hydrogens is 413 g/mol. The monoisotopic (exact) mass is 435 g/mol. The summed E-state index contributed by atoms with van der Waals surface area (Å²) < 4.78 is 24.6. The van der Waals surface area contributed by atoms with E-state index in [2.05, 4.69) is 0 Å². The molecule has 3 aromatic carbocycles. The Labute approximate surface area is 184 Å². The maximum atomic E-state index is 13.7. The van der Waals surface area contributed by atoms with Gasteiger partial charge in [-0.05, 0) is 34.4 Å². The SMILES string of the molecule is O=C(O)CN(CCOc1ccccc1F)C(=O)OCC1c2ccccc2-c2ccccc21. The molecule has 0 saturated carbocycles. The predicted octanol–water partition coefficient (Wildman–Crippen LogP) is 4.54. The Hall–Kier alpha value is -3.87. The third kappa shape index (κ3) is 4.56. The number of hydrogen-bond donors (Lipinski definition) is 1. The average Bonchev–Trinajstić information content (AvgIpc) is 3.11. The summed E-state index contributed by atoms with van der Waals surface area (Å²) in [5.74, 6) is -1.80. The van der Waals surface area contributed by atoms with E-state index in [1.165, 1.54) is 18.2 Å². The minimum absolute atomic E-state index is 0.0373. The van der Waals surface area contributed by atoms with Gasteiger partial charge in [0.05, 0.1) is 6.54 Å². The van der Waals surface area contributed by atoms with Crippen molar-refractivity contribution in [1.29, 1.82) is 0 Å². The second-order valence-corrected chi connectivity index (χ2v) is 7.40. The number of carboxylic acid groups (broad SMARTS) is 1. The largest absolute Gasteiger partial charge is 0.489 e. The summed E-state index contributed by atoms with van der Waals surface area (Å²) in [6.45, 7) is -0.593. The van der Waals surface area contributed by atoms with Crippen molar-refractivity contribution in [3.05, 3.63) is 89.7 Å². The van der Waals surface area contributed by atoms with Crippen molar-refractivity contribution in [2.45, 2.75) is 5.92 Å². The molecule has 0 aliphatic heterocycles. The first-order chi connectivity index (χ1) is 15.5. The zero-order chi connectivity index (χ0) is 22.5. The first kappa shape index (κ1) is 21.4. The number of carboxylic acids is 1. The Kier molecular flexibility index (Phi) is 6.35. The number of halogens is 1. The van der Waals surface area contributed by atoms with Gasteiger partial charge in [0, 0.05) is 5.92 Å². The number of ether oxygens (including phenoxy) is 2. The normalized spacial score (nSPS) is 12.0. The van der Waals surface area contributed by atoms with Gasteiger partial charge >= 0.3 is 12.1 Å². The lowest BCUT2D eigenvalue weighted by Gasteiger charge is -2.22. The maximum absolute atomic E-state index is 13.7. The van der Waals surface area contributed by atoms with Crippen molar-refractivity contribution < 1.29 is 28.6 Å². The number of nitrogens with zero attached hydrogens (tertiary/aromatic N) is 1. The Balaban J connectivity index is 1.41. The van der Waals surface area contributed by atoms with Gasteiger partial charge in [-0.2, -0.15) is 0 Å². The van der Waals surface area contributed by atoms with E-state index < -0.39 is 24.4 Å². The average molecular weight is 435 g/mol. The fourth-order valence-electron chi connectivity index (χ4n) is 3.91. The molecule has 1 aliphatic carbocycles. The van der Waals surface area contributed by atoms with E-state index in [1.54, 1.807) is 6.07 Å². The van der Waals surface area contributed by atoms with Crippen molar-refractivity contribution in [3.63, 3.8) is 0 Å². The molecule has 4 rings (SSSR count). The number of carbonyl (C=O) groups is 2. The summed E-state index contributed by atoms with van der Waals surface area (Å²) in [5, 5.41) is 9.18. The number of carbonyl (C=O) groups excluding carboxylic acids is 1. The van der Waals surface area contributed by atoms with Gasteiger partial charge in [0.25, 0.3) is 0 Å². The number of rotatable bonds is 8. The smallest absolute Gasteiger partial charge is 0.410 e. The van der Waals surface area contributed by atoms with Gasteiger partial charge in [-0.3, -0.25) is 9.69 Å². The molecule has 1 amide bonds. The Morgan fingerprint density at radius 1 is 0.906 bits per heavy atom. The van der Waals surface area contributed by atoms with Crippen molar-refractivity contribution in [3.8, 4) is 16.9 Å². The standard InChI is InChI=1S/C25H22FNO5/c26-22-11-5-6-12-23(22)31-14-13-27(15-24(28)29)25(30)32-16-21-19-9-3-1-7-17(19)18-8-2-4-10-20(18)21/h1-12,21H,13-16H2,(H,28,29). The molecule has 0 radical (unpaired) electrons. The molecule has 7 heteroatoms. The van der Waals surface area contributed by atoms with Gasteiger partial charge in [0.15, 0.2) is 11.6 Å². The molecular formula is C25H22FNO5. The van der Waals surface area contributed by atoms with Crippen LogP contribution in [0.2, 0.25) is 0 Å². The van der Waals surface area contributed by atoms with Crippen LogP contribution >= 0.6 is 0 Å². The van der Waals surface area contributed by atoms with E-state index in [0.717, 1.165) is 27.2 Å². The van der Waals surface area contributed by atoms with E-state index in [9.17, 15) is 19.1 Å². The molecule has 0 aromatic heterocycles. The van der Waals surface area contributed by atoms with Gasteiger partial charge in [-0.1, -0.05) is 60.7 Å². The Morgan fingerprint density at radius 3 is 2.12 bits per heavy atom. The number of aliphatic carboxylic acids is 1. The second kappa shape index (κ2) is 9.51. The first-order valence-electron chi connectivity index (χ1n) is 10.2. The summed E-state index contributed by atoms with van der Waals surface area (Å²) in [6, 6.07) is 21.8. The summed E-state index contributed by atoms with van der Waals surface area (Å²) >= 11 is 0. The van der Waals surface area contributed by atoms with Gasteiger partial charge in [0.2, 0.25) is 0 Å². The van der Waals surface area contributed by atoms with E-state index in [1.807, 2.05) is 48.5 Å². The number of hydrogen-bond acceptors (Lipinski definition) is 4. The van der Waals surface area contributed by atoms with E-state index in [4.69, 9.17) is 9.47 Å². The third-order valence-corrected chi connectivity index (χ3v) is 5.38. The Morgan fingerprint density at radius 2 is 1.50 bits per heavy atom. The number of amides is 1. The molecule has 0 bridgehead atoms. The van der Waals surface area contributed by atoms with Crippen LogP contribution in [0, 0.1) is 5.82 Å². The van der Waals surface area contributed by atoms with Gasteiger partial charge < -0.3 is 14.6 Å². The molecule has 164 valence electrons. The highest BCUT2D eigenvalue weighted by Gasteiger charge is 2.30. The van der Waals surface area contributed by atoms with Crippen LogP contribution in [-0.2, 0) is 9.53 Å². The van der Waals surface area contributed by atoms with Crippen molar-refractivity contribution >= 4 is 12.1 Å².